The molecule has 0 atom stereocenters. The predicted octanol–water partition coefficient (Wildman–Crippen LogP) is 3.85. The summed E-state index contributed by atoms with van der Waals surface area (Å²) in [6.45, 7) is 5.98. The van der Waals surface area contributed by atoms with Gasteiger partial charge in [-0.05, 0) is 30.7 Å². The van der Waals surface area contributed by atoms with E-state index < -0.39 is 5.82 Å². The molecule has 126 valence electrons. The fourth-order valence-corrected chi connectivity index (χ4v) is 3.50. The Balaban J connectivity index is 1.59. The molecule has 1 aliphatic heterocycles. The summed E-state index contributed by atoms with van der Waals surface area (Å²) in [6, 6.07) is 12.8. The summed E-state index contributed by atoms with van der Waals surface area (Å²) in [7, 11) is 0. The normalized spacial score (nSPS) is 15.5. The lowest BCUT2D eigenvalue weighted by molar-refractivity contribution is 0.0628. The first kappa shape index (κ1) is 17.1. The molecule has 0 bridgehead atoms. The second kappa shape index (κ2) is 7.45. The Bertz CT molecular complexity index is 722. The first-order valence-electron chi connectivity index (χ1n) is 8.04. The topological polar surface area (TPSA) is 23.6 Å². The lowest BCUT2D eigenvalue weighted by atomic mass is 10.1. The fourth-order valence-electron chi connectivity index (χ4n) is 3.04. The minimum atomic E-state index is -0.397. The highest BCUT2D eigenvalue weighted by atomic mass is 79.9. The number of hydrogen-bond donors (Lipinski definition) is 0. The van der Waals surface area contributed by atoms with Gasteiger partial charge in [-0.25, -0.2) is 4.39 Å². The van der Waals surface area contributed by atoms with Crippen molar-refractivity contribution < 1.29 is 9.18 Å². The van der Waals surface area contributed by atoms with Crippen molar-refractivity contribution in [3.63, 3.8) is 0 Å². The third-order valence-corrected chi connectivity index (χ3v) is 4.72. The second-order valence-electron chi connectivity index (χ2n) is 6.22. The first-order valence-corrected chi connectivity index (χ1v) is 8.84. The number of benzene rings is 2. The van der Waals surface area contributed by atoms with Crippen molar-refractivity contribution in [1.29, 1.82) is 0 Å². The van der Waals surface area contributed by atoms with Crippen molar-refractivity contribution in [2.45, 2.75) is 13.5 Å². The van der Waals surface area contributed by atoms with Crippen molar-refractivity contribution in [1.82, 2.24) is 9.80 Å². The van der Waals surface area contributed by atoms with Crippen molar-refractivity contribution in [2.24, 2.45) is 0 Å². The maximum Gasteiger partial charge on any atom is 0.254 e. The molecule has 5 heteroatoms. The van der Waals surface area contributed by atoms with Gasteiger partial charge in [0.15, 0.2) is 0 Å². The molecule has 2 aromatic carbocycles. The Kier molecular flexibility index (Phi) is 5.31. The number of rotatable bonds is 3. The molecule has 1 amide bonds. The molecule has 3 rings (SSSR count). The number of amides is 1. The molecule has 0 aliphatic carbocycles. The summed E-state index contributed by atoms with van der Waals surface area (Å²) in [5.74, 6) is -0.504. The summed E-state index contributed by atoms with van der Waals surface area (Å²) in [5, 5.41) is 0. The van der Waals surface area contributed by atoms with E-state index in [0.717, 1.165) is 19.6 Å². The first-order chi connectivity index (χ1) is 11.5. The number of halogens is 2. The smallest absolute Gasteiger partial charge is 0.254 e. The molecule has 3 nitrogen and oxygen atoms in total. The summed E-state index contributed by atoms with van der Waals surface area (Å²) >= 11 is 3.24. The van der Waals surface area contributed by atoms with Gasteiger partial charge in [0.05, 0.1) is 0 Å². The Labute approximate surface area is 150 Å². The van der Waals surface area contributed by atoms with Crippen LogP contribution in [-0.4, -0.2) is 41.9 Å². The minimum absolute atomic E-state index is 0.106. The van der Waals surface area contributed by atoms with Crippen LogP contribution in [-0.2, 0) is 6.54 Å². The van der Waals surface area contributed by atoms with Gasteiger partial charge in [-0.2, -0.15) is 0 Å². The number of carbonyl (C=O) groups excluding carboxylic acids is 1. The van der Waals surface area contributed by atoms with Gasteiger partial charge in [0.25, 0.3) is 5.91 Å². The Morgan fingerprint density at radius 2 is 1.88 bits per heavy atom. The quantitative estimate of drug-likeness (QED) is 0.794. The van der Waals surface area contributed by atoms with Gasteiger partial charge in [0.2, 0.25) is 0 Å². The van der Waals surface area contributed by atoms with E-state index in [-0.39, 0.29) is 5.91 Å². The van der Waals surface area contributed by atoms with Gasteiger partial charge < -0.3 is 4.90 Å². The maximum atomic E-state index is 13.5. The van der Waals surface area contributed by atoms with E-state index in [1.54, 1.807) is 11.0 Å². The standard InChI is InChI=1S/C19H20BrFN2O/c1-14-3-2-4-15(9-14)13-22-5-7-23(8-6-22)19(24)16-10-17(20)12-18(21)11-16/h2-4,9-12H,5-8,13H2,1H3. The second-order valence-corrected chi connectivity index (χ2v) is 7.13. The molecular weight excluding hydrogens is 371 g/mol. The molecule has 1 saturated heterocycles. The van der Waals surface area contributed by atoms with E-state index in [1.165, 1.54) is 23.3 Å². The molecule has 0 aromatic heterocycles. The summed E-state index contributed by atoms with van der Waals surface area (Å²) in [4.78, 5) is 16.7. The Morgan fingerprint density at radius 3 is 2.54 bits per heavy atom. The number of aryl methyl sites for hydroxylation is 1. The molecule has 0 N–H and O–H groups in total. The Hall–Kier alpha value is -1.72. The molecule has 0 radical (unpaired) electrons. The van der Waals surface area contributed by atoms with Crippen LogP contribution in [0.1, 0.15) is 21.5 Å². The predicted molar refractivity (Wildman–Crippen MR) is 96.5 cm³/mol. The average Bonchev–Trinajstić information content (AvgIpc) is 2.54. The van der Waals surface area contributed by atoms with Crippen LogP contribution in [0, 0.1) is 12.7 Å². The largest absolute Gasteiger partial charge is 0.336 e. The highest BCUT2D eigenvalue weighted by Crippen LogP contribution is 2.18. The maximum absolute atomic E-state index is 13.5. The van der Waals surface area contributed by atoms with Gasteiger partial charge in [-0.1, -0.05) is 45.8 Å². The Morgan fingerprint density at radius 1 is 1.12 bits per heavy atom. The van der Waals surface area contributed by atoms with Gasteiger partial charge in [-0.15, -0.1) is 0 Å². The molecule has 1 fully saturated rings. The minimum Gasteiger partial charge on any atom is -0.336 e. The number of nitrogens with zero attached hydrogens (tertiary/aromatic N) is 2. The van der Waals surface area contributed by atoms with Crippen LogP contribution < -0.4 is 0 Å². The zero-order valence-electron chi connectivity index (χ0n) is 13.6. The van der Waals surface area contributed by atoms with Crippen LogP contribution in [0.5, 0.6) is 0 Å². The molecular formula is C19H20BrFN2O. The van der Waals surface area contributed by atoms with Crippen LogP contribution in [0.2, 0.25) is 0 Å². The molecule has 1 heterocycles. The monoisotopic (exact) mass is 390 g/mol. The van der Waals surface area contributed by atoms with Gasteiger partial charge in [0, 0.05) is 42.8 Å². The fraction of sp³-hybridized carbons (Fsp3) is 0.316. The van der Waals surface area contributed by atoms with E-state index >= 15 is 0 Å². The van der Waals surface area contributed by atoms with Crippen molar-refractivity contribution in [2.75, 3.05) is 26.2 Å². The highest BCUT2D eigenvalue weighted by molar-refractivity contribution is 9.10. The van der Waals surface area contributed by atoms with Crippen LogP contribution in [0.15, 0.2) is 46.9 Å². The number of piperazine rings is 1. The highest BCUT2D eigenvalue weighted by Gasteiger charge is 2.22. The molecule has 2 aromatic rings. The lowest BCUT2D eigenvalue weighted by Gasteiger charge is -2.34. The van der Waals surface area contributed by atoms with Crippen LogP contribution in [0.25, 0.3) is 0 Å². The van der Waals surface area contributed by atoms with E-state index in [2.05, 4.69) is 52.0 Å². The zero-order chi connectivity index (χ0) is 17.1. The van der Waals surface area contributed by atoms with E-state index in [1.807, 2.05) is 0 Å². The van der Waals surface area contributed by atoms with Gasteiger partial charge in [0.1, 0.15) is 5.82 Å². The number of hydrogen-bond acceptors (Lipinski definition) is 2. The van der Waals surface area contributed by atoms with E-state index in [9.17, 15) is 9.18 Å². The summed E-state index contributed by atoms with van der Waals surface area (Å²) in [6.07, 6.45) is 0. The van der Waals surface area contributed by atoms with Crippen molar-refractivity contribution >= 4 is 21.8 Å². The molecule has 1 aliphatic rings. The van der Waals surface area contributed by atoms with Crippen LogP contribution >= 0.6 is 15.9 Å². The van der Waals surface area contributed by atoms with Crippen molar-refractivity contribution in [3.05, 3.63) is 69.4 Å². The van der Waals surface area contributed by atoms with Crippen LogP contribution in [0.4, 0.5) is 4.39 Å². The SMILES string of the molecule is Cc1cccc(CN2CCN(C(=O)c3cc(F)cc(Br)c3)CC2)c1. The molecule has 0 saturated carbocycles. The molecule has 24 heavy (non-hydrogen) atoms. The molecule has 0 unspecified atom stereocenters. The van der Waals surface area contributed by atoms with E-state index in [0.29, 0.717) is 23.1 Å². The third kappa shape index (κ3) is 4.22. The summed E-state index contributed by atoms with van der Waals surface area (Å²) in [5.41, 5.74) is 2.95. The summed E-state index contributed by atoms with van der Waals surface area (Å²) < 4.78 is 14.1. The van der Waals surface area contributed by atoms with E-state index in [4.69, 9.17) is 0 Å². The van der Waals surface area contributed by atoms with Crippen molar-refractivity contribution in [3.8, 4) is 0 Å². The average molecular weight is 391 g/mol. The third-order valence-electron chi connectivity index (χ3n) is 4.26. The van der Waals surface area contributed by atoms with Gasteiger partial charge >= 0.3 is 0 Å². The number of carbonyl (C=O) groups is 1. The lowest BCUT2D eigenvalue weighted by Crippen LogP contribution is -2.48. The van der Waals surface area contributed by atoms with Gasteiger partial charge in [-0.3, -0.25) is 9.69 Å². The molecule has 0 spiro atoms. The van der Waals surface area contributed by atoms with Crippen LogP contribution in [0.3, 0.4) is 0 Å². The zero-order valence-corrected chi connectivity index (χ0v) is 15.2.